The highest BCUT2D eigenvalue weighted by Gasteiger charge is 2.22. The lowest BCUT2D eigenvalue weighted by Gasteiger charge is -2.36. The Morgan fingerprint density at radius 3 is 2.83 bits per heavy atom. The van der Waals surface area contributed by atoms with Crippen LogP contribution in [-0.4, -0.2) is 24.0 Å². The predicted molar refractivity (Wildman–Crippen MR) is 74.5 cm³/mol. The third-order valence-corrected chi connectivity index (χ3v) is 4.28. The minimum Gasteiger partial charge on any atom is -0.300 e. The molecule has 0 N–H and O–H groups in total. The maximum Gasteiger partial charge on any atom is 0.124 e. The van der Waals surface area contributed by atoms with Crippen molar-refractivity contribution in [2.75, 3.05) is 13.1 Å². The summed E-state index contributed by atoms with van der Waals surface area (Å²) in [6, 6.07) is 5.35. The Kier molecular flexibility index (Phi) is 4.63. The predicted octanol–water partition coefficient (Wildman–Crippen LogP) is 4.14. The summed E-state index contributed by atoms with van der Waals surface area (Å²) in [6.45, 7) is 6.78. The number of likely N-dealkylation sites (tertiary alicyclic amines) is 1. The zero-order valence-corrected chi connectivity index (χ0v) is 11.9. The normalized spacial score (nSPS) is 25.3. The molecule has 100 valence electrons. The Labute approximate surface area is 114 Å². The van der Waals surface area contributed by atoms with E-state index in [0.29, 0.717) is 11.1 Å². The number of nitrogens with zero attached hydrogens (tertiary/aromatic N) is 1. The Morgan fingerprint density at radius 2 is 2.11 bits per heavy atom. The lowest BCUT2D eigenvalue weighted by Crippen LogP contribution is -2.42. The van der Waals surface area contributed by atoms with Crippen LogP contribution in [0.4, 0.5) is 4.39 Å². The van der Waals surface area contributed by atoms with Gasteiger partial charge in [-0.2, -0.15) is 0 Å². The molecule has 18 heavy (non-hydrogen) atoms. The van der Waals surface area contributed by atoms with Crippen LogP contribution in [0.1, 0.15) is 32.3 Å². The smallest absolute Gasteiger partial charge is 0.124 e. The van der Waals surface area contributed by atoms with Gasteiger partial charge in [0.05, 0.1) is 0 Å². The second-order valence-corrected chi connectivity index (χ2v) is 5.92. The molecule has 0 saturated carbocycles. The van der Waals surface area contributed by atoms with Crippen molar-refractivity contribution in [2.45, 2.75) is 39.2 Å². The first kappa shape index (κ1) is 13.8. The molecule has 2 atom stereocenters. The topological polar surface area (TPSA) is 3.24 Å². The maximum atomic E-state index is 13.0. The van der Waals surface area contributed by atoms with Gasteiger partial charge in [0.25, 0.3) is 0 Å². The van der Waals surface area contributed by atoms with Crippen LogP contribution in [0.3, 0.4) is 0 Å². The van der Waals surface area contributed by atoms with E-state index in [1.165, 1.54) is 31.5 Å². The second kappa shape index (κ2) is 6.03. The van der Waals surface area contributed by atoms with Crippen molar-refractivity contribution >= 4 is 11.6 Å². The molecule has 0 radical (unpaired) electrons. The van der Waals surface area contributed by atoms with Gasteiger partial charge >= 0.3 is 0 Å². The fraction of sp³-hybridized carbons (Fsp3) is 0.600. The molecule has 1 aromatic carbocycles. The fourth-order valence-corrected chi connectivity index (χ4v) is 2.94. The molecule has 1 aliphatic heterocycles. The van der Waals surface area contributed by atoms with E-state index in [2.05, 4.69) is 18.7 Å². The third-order valence-electron chi connectivity index (χ3n) is 3.93. The maximum absolute atomic E-state index is 13.0. The molecule has 0 unspecified atom stereocenters. The van der Waals surface area contributed by atoms with E-state index in [-0.39, 0.29) is 5.82 Å². The van der Waals surface area contributed by atoms with Crippen molar-refractivity contribution < 1.29 is 4.39 Å². The number of piperidine rings is 1. The van der Waals surface area contributed by atoms with E-state index in [4.69, 9.17) is 11.6 Å². The third kappa shape index (κ3) is 3.46. The quantitative estimate of drug-likeness (QED) is 0.797. The number of rotatable bonds is 3. The summed E-state index contributed by atoms with van der Waals surface area (Å²) < 4.78 is 13.0. The molecule has 0 aromatic heterocycles. The minimum absolute atomic E-state index is 0.260. The Morgan fingerprint density at radius 1 is 1.33 bits per heavy atom. The molecule has 0 spiro atoms. The first-order chi connectivity index (χ1) is 8.56. The molecular formula is C15H21ClFN. The highest BCUT2D eigenvalue weighted by molar-refractivity contribution is 6.31. The zero-order valence-electron chi connectivity index (χ0n) is 11.1. The molecule has 0 aliphatic carbocycles. The Bertz CT molecular complexity index is 407. The molecule has 3 heteroatoms. The summed E-state index contributed by atoms with van der Waals surface area (Å²) in [7, 11) is 0. The van der Waals surface area contributed by atoms with E-state index < -0.39 is 0 Å². The molecule has 1 aliphatic rings. The van der Waals surface area contributed by atoms with Gasteiger partial charge in [0.15, 0.2) is 0 Å². The average Bonchev–Trinajstić information content (AvgIpc) is 2.32. The van der Waals surface area contributed by atoms with E-state index in [1.54, 1.807) is 6.07 Å². The van der Waals surface area contributed by atoms with Crippen LogP contribution in [0.25, 0.3) is 0 Å². The van der Waals surface area contributed by atoms with Gasteiger partial charge < -0.3 is 4.90 Å². The van der Waals surface area contributed by atoms with E-state index >= 15 is 0 Å². The van der Waals surface area contributed by atoms with Gasteiger partial charge in [-0.3, -0.25) is 0 Å². The van der Waals surface area contributed by atoms with Crippen LogP contribution in [0.2, 0.25) is 5.02 Å². The molecule has 0 amide bonds. The standard InChI is InChI=1S/C15H21ClFN/c1-11-3-4-12(2)18(10-11)8-7-13-5-6-14(17)9-15(13)16/h5-6,9,11-12H,3-4,7-8,10H2,1-2H3/t11-,12+/m1/s1. The molecule has 1 saturated heterocycles. The van der Waals surface area contributed by atoms with E-state index in [1.807, 2.05) is 0 Å². The van der Waals surface area contributed by atoms with Gasteiger partial charge in [0, 0.05) is 24.2 Å². The van der Waals surface area contributed by atoms with Gasteiger partial charge in [0.2, 0.25) is 0 Å². The second-order valence-electron chi connectivity index (χ2n) is 5.51. The molecule has 1 aromatic rings. The summed E-state index contributed by atoms with van der Waals surface area (Å²) in [6.07, 6.45) is 3.50. The SMILES string of the molecule is C[C@@H]1CC[C@H](C)N(CCc2ccc(F)cc2Cl)C1. The summed E-state index contributed by atoms with van der Waals surface area (Å²) >= 11 is 6.05. The highest BCUT2D eigenvalue weighted by atomic mass is 35.5. The molecular weight excluding hydrogens is 249 g/mol. The Hall–Kier alpha value is -0.600. The number of halogens is 2. The van der Waals surface area contributed by atoms with Crippen LogP contribution >= 0.6 is 11.6 Å². The lowest BCUT2D eigenvalue weighted by atomic mass is 9.94. The first-order valence-corrected chi connectivity index (χ1v) is 7.12. The van der Waals surface area contributed by atoms with Gasteiger partial charge in [0.1, 0.15) is 5.82 Å². The van der Waals surface area contributed by atoms with Crippen LogP contribution in [0.15, 0.2) is 18.2 Å². The van der Waals surface area contributed by atoms with Crippen molar-refractivity contribution in [2.24, 2.45) is 5.92 Å². The van der Waals surface area contributed by atoms with Crippen LogP contribution < -0.4 is 0 Å². The summed E-state index contributed by atoms with van der Waals surface area (Å²) in [5.41, 5.74) is 1.04. The molecule has 1 fully saturated rings. The van der Waals surface area contributed by atoms with Gasteiger partial charge in [-0.25, -0.2) is 4.39 Å². The summed E-state index contributed by atoms with van der Waals surface area (Å²) in [4.78, 5) is 2.52. The summed E-state index contributed by atoms with van der Waals surface area (Å²) in [5, 5.41) is 0.549. The zero-order chi connectivity index (χ0) is 13.1. The average molecular weight is 270 g/mol. The Balaban J connectivity index is 1.94. The van der Waals surface area contributed by atoms with Crippen molar-refractivity contribution in [1.82, 2.24) is 4.90 Å². The monoisotopic (exact) mass is 269 g/mol. The number of benzene rings is 1. The highest BCUT2D eigenvalue weighted by Crippen LogP contribution is 2.23. The number of hydrogen-bond acceptors (Lipinski definition) is 1. The van der Waals surface area contributed by atoms with E-state index in [9.17, 15) is 4.39 Å². The first-order valence-electron chi connectivity index (χ1n) is 6.74. The van der Waals surface area contributed by atoms with Gasteiger partial charge in [-0.1, -0.05) is 24.6 Å². The molecule has 1 nitrogen and oxygen atoms in total. The van der Waals surface area contributed by atoms with Crippen LogP contribution in [0.5, 0.6) is 0 Å². The van der Waals surface area contributed by atoms with Crippen molar-refractivity contribution in [1.29, 1.82) is 0 Å². The molecule has 0 bridgehead atoms. The molecule has 2 rings (SSSR count). The fourth-order valence-electron chi connectivity index (χ4n) is 2.68. The lowest BCUT2D eigenvalue weighted by molar-refractivity contribution is 0.126. The number of hydrogen-bond donors (Lipinski definition) is 0. The summed E-state index contributed by atoms with van der Waals surface area (Å²) in [5.74, 6) is 0.522. The van der Waals surface area contributed by atoms with Crippen LogP contribution in [-0.2, 0) is 6.42 Å². The van der Waals surface area contributed by atoms with Crippen molar-refractivity contribution in [3.63, 3.8) is 0 Å². The van der Waals surface area contributed by atoms with Crippen LogP contribution in [0, 0.1) is 11.7 Å². The molecule has 1 heterocycles. The van der Waals surface area contributed by atoms with E-state index in [0.717, 1.165) is 24.4 Å². The largest absolute Gasteiger partial charge is 0.300 e. The van der Waals surface area contributed by atoms with Gasteiger partial charge in [-0.15, -0.1) is 0 Å². The minimum atomic E-state index is -0.260. The van der Waals surface area contributed by atoms with Gasteiger partial charge in [-0.05, 0) is 49.8 Å². The van der Waals surface area contributed by atoms with Crippen molar-refractivity contribution in [3.05, 3.63) is 34.6 Å². The van der Waals surface area contributed by atoms with Crippen molar-refractivity contribution in [3.8, 4) is 0 Å².